The minimum Gasteiger partial charge on any atom is -0.468 e. The molecule has 0 saturated heterocycles. The number of carbonyl (C=O) groups excluding carboxylic acids is 1. The van der Waals surface area contributed by atoms with Gasteiger partial charge in [-0.15, -0.1) is 0 Å². The number of ketones is 1. The molecule has 2 atom stereocenters. The van der Waals surface area contributed by atoms with Gasteiger partial charge in [0.15, 0.2) is 0 Å². The molecule has 1 saturated carbocycles. The first-order chi connectivity index (χ1) is 8.74. The topological polar surface area (TPSA) is 30.2 Å². The quantitative estimate of drug-likeness (QED) is 0.803. The van der Waals surface area contributed by atoms with Gasteiger partial charge in [0.05, 0.1) is 6.26 Å². The fourth-order valence-corrected chi connectivity index (χ4v) is 3.24. The van der Waals surface area contributed by atoms with Crippen molar-refractivity contribution in [1.29, 1.82) is 0 Å². The van der Waals surface area contributed by atoms with Crippen molar-refractivity contribution in [2.75, 3.05) is 0 Å². The second kappa shape index (κ2) is 4.60. The molecule has 94 valence electrons. The Bertz CT molecular complexity index is 567. The molecule has 1 aromatic carbocycles. The Morgan fingerprint density at radius 1 is 1.33 bits per heavy atom. The molecule has 1 fully saturated rings. The van der Waals surface area contributed by atoms with Crippen molar-refractivity contribution in [3.8, 4) is 0 Å². The van der Waals surface area contributed by atoms with Crippen LogP contribution in [0, 0.1) is 5.92 Å². The van der Waals surface area contributed by atoms with E-state index in [1.165, 1.54) is 10.8 Å². The van der Waals surface area contributed by atoms with E-state index < -0.39 is 0 Å². The van der Waals surface area contributed by atoms with Crippen LogP contribution < -0.4 is 0 Å². The van der Waals surface area contributed by atoms with Gasteiger partial charge in [0.25, 0.3) is 0 Å². The Morgan fingerprint density at radius 3 is 3.00 bits per heavy atom. The van der Waals surface area contributed by atoms with E-state index in [0.29, 0.717) is 17.6 Å². The van der Waals surface area contributed by atoms with E-state index in [1.807, 2.05) is 12.3 Å². The second-order valence-electron chi connectivity index (χ2n) is 5.47. The Morgan fingerprint density at radius 2 is 2.17 bits per heavy atom. The maximum atomic E-state index is 11.2. The SMILES string of the molecule is CC(=O)CC1CCC(c2occ3ccccc23)C1. The van der Waals surface area contributed by atoms with Gasteiger partial charge in [0, 0.05) is 23.1 Å². The zero-order valence-corrected chi connectivity index (χ0v) is 10.7. The second-order valence-corrected chi connectivity index (χ2v) is 5.47. The van der Waals surface area contributed by atoms with Crippen LogP contribution in [0.15, 0.2) is 34.9 Å². The minimum absolute atomic E-state index is 0.310. The molecule has 0 bridgehead atoms. The van der Waals surface area contributed by atoms with Crippen LogP contribution in [-0.4, -0.2) is 5.78 Å². The predicted octanol–water partition coefficient (Wildman–Crippen LogP) is 4.30. The van der Waals surface area contributed by atoms with Crippen LogP contribution in [-0.2, 0) is 4.79 Å². The normalized spacial score (nSPS) is 23.6. The fraction of sp³-hybridized carbons (Fsp3) is 0.438. The average molecular weight is 242 g/mol. The van der Waals surface area contributed by atoms with E-state index in [9.17, 15) is 4.79 Å². The van der Waals surface area contributed by atoms with Gasteiger partial charge in [-0.05, 0) is 32.1 Å². The lowest BCUT2D eigenvalue weighted by Gasteiger charge is -2.08. The van der Waals surface area contributed by atoms with Gasteiger partial charge in [-0.3, -0.25) is 0 Å². The number of hydrogen-bond donors (Lipinski definition) is 0. The van der Waals surface area contributed by atoms with E-state index in [4.69, 9.17) is 4.42 Å². The Hall–Kier alpha value is -1.57. The molecule has 0 aliphatic heterocycles. The molecule has 2 aromatic rings. The lowest BCUT2D eigenvalue weighted by Crippen LogP contribution is -2.01. The first-order valence-electron chi connectivity index (χ1n) is 6.69. The summed E-state index contributed by atoms with van der Waals surface area (Å²) in [6.45, 7) is 1.69. The molecular formula is C16H18O2. The molecule has 0 spiro atoms. The number of benzene rings is 1. The van der Waals surface area contributed by atoms with Crippen molar-refractivity contribution < 1.29 is 9.21 Å². The van der Waals surface area contributed by atoms with Gasteiger partial charge < -0.3 is 9.21 Å². The van der Waals surface area contributed by atoms with Crippen molar-refractivity contribution in [2.45, 2.75) is 38.5 Å². The molecule has 1 aromatic heterocycles. The number of Topliss-reactive ketones (excluding diaryl/α,β-unsaturated/α-hetero) is 1. The van der Waals surface area contributed by atoms with Gasteiger partial charge in [-0.2, -0.15) is 0 Å². The molecule has 18 heavy (non-hydrogen) atoms. The van der Waals surface area contributed by atoms with E-state index in [-0.39, 0.29) is 0 Å². The smallest absolute Gasteiger partial charge is 0.130 e. The van der Waals surface area contributed by atoms with Crippen molar-refractivity contribution in [3.05, 3.63) is 36.3 Å². The van der Waals surface area contributed by atoms with Gasteiger partial charge in [-0.25, -0.2) is 0 Å². The molecule has 2 heteroatoms. The standard InChI is InChI=1S/C16H18O2/c1-11(17)8-12-6-7-13(9-12)16-15-5-3-2-4-14(15)10-18-16/h2-5,10,12-13H,6-9H2,1H3. The highest BCUT2D eigenvalue weighted by molar-refractivity contribution is 5.84. The number of fused-ring (bicyclic) bond motifs is 1. The Labute approximate surface area is 107 Å². The van der Waals surface area contributed by atoms with Crippen molar-refractivity contribution >= 4 is 16.6 Å². The van der Waals surface area contributed by atoms with E-state index >= 15 is 0 Å². The molecule has 1 heterocycles. The zero-order valence-electron chi connectivity index (χ0n) is 10.7. The lowest BCUT2D eigenvalue weighted by atomic mass is 9.97. The van der Waals surface area contributed by atoms with Crippen LogP contribution in [0.25, 0.3) is 10.8 Å². The predicted molar refractivity (Wildman–Crippen MR) is 71.6 cm³/mol. The third-order valence-corrected chi connectivity index (χ3v) is 4.03. The third-order valence-electron chi connectivity index (χ3n) is 4.03. The first kappa shape index (κ1) is 11.5. The van der Waals surface area contributed by atoms with Crippen LogP contribution in [0.4, 0.5) is 0 Å². The third kappa shape index (κ3) is 2.07. The molecule has 1 aliphatic carbocycles. The summed E-state index contributed by atoms with van der Waals surface area (Å²) in [6, 6.07) is 8.31. The highest BCUT2D eigenvalue weighted by Crippen LogP contribution is 2.42. The molecule has 0 amide bonds. The summed E-state index contributed by atoms with van der Waals surface area (Å²) in [4.78, 5) is 11.2. The number of rotatable bonds is 3. The minimum atomic E-state index is 0.310. The molecular weight excluding hydrogens is 224 g/mol. The van der Waals surface area contributed by atoms with Gasteiger partial charge in [0.1, 0.15) is 11.5 Å². The number of furan rings is 1. The molecule has 2 unspecified atom stereocenters. The summed E-state index contributed by atoms with van der Waals surface area (Å²) < 4.78 is 5.77. The lowest BCUT2D eigenvalue weighted by molar-refractivity contribution is -0.117. The monoisotopic (exact) mass is 242 g/mol. The van der Waals surface area contributed by atoms with E-state index in [1.54, 1.807) is 6.92 Å². The fourth-order valence-electron chi connectivity index (χ4n) is 3.24. The first-order valence-corrected chi connectivity index (χ1v) is 6.69. The maximum absolute atomic E-state index is 11.2. The molecule has 2 nitrogen and oxygen atoms in total. The van der Waals surface area contributed by atoms with E-state index in [0.717, 1.165) is 31.4 Å². The van der Waals surface area contributed by atoms with Crippen LogP contribution in [0.3, 0.4) is 0 Å². The summed E-state index contributed by atoms with van der Waals surface area (Å²) in [6.07, 6.45) is 5.98. The van der Waals surface area contributed by atoms with Crippen molar-refractivity contribution in [2.24, 2.45) is 5.92 Å². The van der Waals surface area contributed by atoms with Crippen LogP contribution in [0.2, 0.25) is 0 Å². The highest BCUT2D eigenvalue weighted by atomic mass is 16.3. The largest absolute Gasteiger partial charge is 0.468 e. The van der Waals surface area contributed by atoms with Gasteiger partial charge in [0.2, 0.25) is 0 Å². The number of hydrogen-bond acceptors (Lipinski definition) is 2. The summed E-state index contributed by atoms with van der Waals surface area (Å²) in [5.74, 6) is 2.48. The summed E-state index contributed by atoms with van der Waals surface area (Å²) in [5.41, 5.74) is 0. The van der Waals surface area contributed by atoms with Crippen LogP contribution in [0.1, 0.15) is 44.3 Å². The summed E-state index contributed by atoms with van der Waals surface area (Å²) >= 11 is 0. The maximum Gasteiger partial charge on any atom is 0.130 e. The molecule has 0 radical (unpaired) electrons. The zero-order chi connectivity index (χ0) is 12.5. The number of carbonyl (C=O) groups is 1. The summed E-state index contributed by atoms with van der Waals surface area (Å²) in [5, 5.41) is 2.42. The van der Waals surface area contributed by atoms with Crippen LogP contribution >= 0.6 is 0 Å². The average Bonchev–Trinajstić information content (AvgIpc) is 2.94. The Balaban J connectivity index is 1.82. The molecule has 1 aliphatic rings. The molecule has 0 N–H and O–H groups in total. The summed E-state index contributed by atoms with van der Waals surface area (Å²) in [7, 11) is 0. The van der Waals surface area contributed by atoms with Gasteiger partial charge >= 0.3 is 0 Å². The van der Waals surface area contributed by atoms with Crippen molar-refractivity contribution in [1.82, 2.24) is 0 Å². The molecule has 3 rings (SSSR count). The Kier molecular flexibility index (Phi) is 2.94. The van der Waals surface area contributed by atoms with E-state index in [2.05, 4.69) is 18.2 Å². The van der Waals surface area contributed by atoms with Crippen molar-refractivity contribution in [3.63, 3.8) is 0 Å². The highest BCUT2D eigenvalue weighted by Gasteiger charge is 2.29. The van der Waals surface area contributed by atoms with Crippen LogP contribution in [0.5, 0.6) is 0 Å². The van der Waals surface area contributed by atoms with Gasteiger partial charge in [-0.1, -0.05) is 24.3 Å².